The Balaban J connectivity index is 1.50. The molecular formula is C28H24N4OS2. The van der Waals surface area contributed by atoms with Crippen LogP contribution in [0.4, 0.5) is 11.5 Å². The molecule has 1 saturated heterocycles. The monoisotopic (exact) mass is 496 g/mol. The number of hydrogen-bond donors (Lipinski definition) is 2. The maximum Gasteiger partial charge on any atom is 0.267 e. The van der Waals surface area contributed by atoms with E-state index in [0.29, 0.717) is 29.0 Å². The number of thiol groups is 1. The van der Waals surface area contributed by atoms with Crippen molar-refractivity contribution in [1.29, 1.82) is 0 Å². The first kappa shape index (κ1) is 23.2. The smallest absolute Gasteiger partial charge is 0.267 e. The fourth-order valence-electron chi connectivity index (χ4n) is 3.87. The van der Waals surface area contributed by atoms with Crippen LogP contribution in [0.3, 0.4) is 0 Å². The molecule has 35 heavy (non-hydrogen) atoms. The first-order chi connectivity index (χ1) is 17.1. The summed E-state index contributed by atoms with van der Waals surface area (Å²) >= 11 is 5.92. The summed E-state index contributed by atoms with van der Waals surface area (Å²) in [4.78, 5) is 26.3. The number of pyridine rings is 1. The summed E-state index contributed by atoms with van der Waals surface area (Å²) in [7, 11) is 0. The van der Waals surface area contributed by atoms with E-state index in [1.807, 2.05) is 91.9 Å². The number of nitrogens with zero attached hydrogens (tertiary/aromatic N) is 3. The van der Waals surface area contributed by atoms with Gasteiger partial charge in [-0.25, -0.2) is 9.98 Å². The molecule has 4 aromatic rings. The Kier molecular flexibility index (Phi) is 6.88. The minimum atomic E-state index is -0.0451. The van der Waals surface area contributed by atoms with Gasteiger partial charge in [0.05, 0.1) is 11.4 Å². The highest BCUT2D eigenvalue weighted by molar-refractivity contribution is 8.18. The van der Waals surface area contributed by atoms with E-state index in [9.17, 15) is 4.79 Å². The number of nitrogens with one attached hydrogen (secondary N) is 1. The van der Waals surface area contributed by atoms with E-state index in [2.05, 4.69) is 22.9 Å². The van der Waals surface area contributed by atoms with Crippen LogP contribution in [-0.4, -0.2) is 27.5 Å². The number of carbonyl (C=O) groups is 1. The Morgan fingerprint density at radius 3 is 2.57 bits per heavy atom. The van der Waals surface area contributed by atoms with Crippen LogP contribution in [0.1, 0.15) is 12.5 Å². The molecule has 7 heteroatoms. The van der Waals surface area contributed by atoms with Gasteiger partial charge in [-0.3, -0.25) is 9.69 Å². The normalized spacial score (nSPS) is 16.2. The molecule has 0 radical (unpaired) electrons. The maximum atomic E-state index is 13.6. The lowest BCUT2D eigenvalue weighted by atomic mass is 10.2. The quantitative estimate of drug-likeness (QED) is 0.231. The van der Waals surface area contributed by atoms with E-state index < -0.39 is 0 Å². The Bertz CT molecular complexity index is 1440. The van der Waals surface area contributed by atoms with Crippen molar-refractivity contribution in [3.8, 4) is 0 Å². The Labute approximate surface area is 214 Å². The number of para-hydroxylation sites is 1. The second-order valence-corrected chi connectivity index (χ2v) is 9.67. The average Bonchev–Trinajstić information content (AvgIpc) is 3.19. The van der Waals surface area contributed by atoms with Crippen LogP contribution in [0, 0.1) is 0 Å². The highest BCUT2D eigenvalue weighted by atomic mass is 32.2. The topological polar surface area (TPSA) is 57.6 Å². The number of aliphatic imine (C=N–C) groups is 1. The Morgan fingerprint density at radius 2 is 1.74 bits per heavy atom. The van der Waals surface area contributed by atoms with Crippen molar-refractivity contribution in [2.75, 3.05) is 11.9 Å². The molecule has 5 nitrogen and oxygen atoms in total. The molecule has 3 aromatic carbocycles. The van der Waals surface area contributed by atoms with Gasteiger partial charge in [0.2, 0.25) is 0 Å². The lowest BCUT2D eigenvalue weighted by molar-refractivity contribution is -0.122. The van der Waals surface area contributed by atoms with Crippen molar-refractivity contribution >= 4 is 57.7 Å². The third kappa shape index (κ3) is 5.11. The number of aromatic nitrogens is 1. The van der Waals surface area contributed by atoms with Crippen molar-refractivity contribution in [3.63, 3.8) is 0 Å². The zero-order chi connectivity index (χ0) is 24.2. The van der Waals surface area contributed by atoms with Gasteiger partial charge < -0.3 is 5.32 Å². The molecule has 1 N–H and O–H groups in total. The third-order valence-corrected chi connectivity index (χ3v) is 7.35. The SMILES string of the molecule is C/C(CNc1ccccc1S)=C1\SC(=Nc2nccc3ccccc23)N(Cc2ccccc2)C1=O. The molecule has 0 aliphatic carbocycles. The highest BCUT2D eigenvalue weighted by Gasteiger charge is 2.35. The van der Waals surface area contributed by atoms with Gasteiger partial charge in [0.25, 0.3) is 5.91 Å². The fraction of sp³-hybridized carbons (Fsp3) is 0.107. The maximum absolute atomic E-state index is 13.6. The summed E-state index contributed by atoms with van der Waals surface area (Å²) in [5, 5.41) is 6.04. The predicted molar refractivity (Wildman–Crippen MR) is 148 cm³/mol. The summed E-state index contributed by atoms with van der Waals surface area (Å²) in [6.45, 7) is 2.96. The van der Waals surface area contributed by atoms with Gasteiger partial charge in [-0.15, -0.1) is 12.6 Å². The average molecular weight is 497 g/mol. The van der Waals surface area contributed by atoms with E-state index in [4.69, 9.17) is 4.99 Å². The first-order valence-electron chi connectivity index (χ1n) is 11.3. The van der Waals surface area contributed by atoms with E-state index in [1.165, 1.54) is 11.8 Å². The lowest BCUT2D eigenvalue weighted by Crippen LogP contribution is -2.28. The molecule has 0 unspecified atom stereocenters. The number of fused-ring (bicyclic) bond motifs is 1. The van der Waals surface area contributed by atoms with Crippen LogP contribution in [0.5, 0.6) is 0 Å². The molecule has 0 bridgehead atoms. The number of rotatable bonds is 6. The van der Waals surface area contributed by atoms with Gasteiger partial charge in [-0.1, -0.05) is 66.7 Å². The van der Waals surface area contributed by atoms with Gasteiger partial charge in [-0.2, -0.15) is 0 Å². The van der Waals surface area contributed by atoms with Gasteiger partial charge in [0, 0.05) is 28.7 Å². The van der Waals surface area contributed by atoms with Gasteiger partial charge in [0.15, 0.2) is 11.0 Å². The number of thioether (sulfide) groups is 1. The van der Waals surface area contributed by atoms with E-state index in [1.54, 1.807) is 11.1 Å². The number of benzene rings is 3. The third-order valence-electron chi connectivity index (χ3n) is 5.74. The number of hydrogen-bond acceptors (Lipinski definition) is 6. The van der Waals surface area contributed by atoms with Crippen molar-refractivity contribution < 1.29 is 4.79 Å². The van der Waals surface area contributed by atoms with Crippen molar-refractivity contribution in [2.24, 2.45) is 4.99 Å². The molecule has 0 spiro atoms. The molecule has 1 aliphatic heterocycles. The van der Waals surface area contributed by atoms with Crippen LogP contribution in [0.2, 0.25) is 0 Å². The number of amidine groups is 1. The standard InChI is InChI=1S/C28H24N4OS2/c1-19(17-30-23-13-7-8-14-24(23)34)25-27(33)32(18-20-9-3-2-4-10-20)28(35-25)31-26-22-12-6-5-11-21(22)15-16-29-26/h2-16,30,34H,17-18H2,1H3/b25-19+,31-28?. The van der Waals surface area contributed by atoms with Gasteiger partial charge in [0.1, 0.15) is 0 Å². The second kappa shape index (κ2) is 10.4. The number of amides is 1. The van der Waals surface area contributed by atoms with E-state index in [0.717, 1.165) is 32.5 Å². The zero-order valence-electron chi connectivity index (χ0n) is 19.2. The highest BCUT2D eigenvalue weighted by Crippen LogP contribution is 2.37. The summed E-state index contributed by atoms with van der Waals surface area (Å²) in [6.07, 6.45) is 1.76. The molecule has 0 saturated carbocycles. The first-order valence-corrected chi connectivity index (χ1v) is 12.5. The summed E-state index contributed by atoms with van der Waals surface area (Å²) < 4.78 is 0. The molecule has 1 amide bonds. The molecule has 0 atom stereocenters. The minimum Gasteiger partial charge on any atom is -0.380 e. The van der Waals surface area contributed by atoms with Gasteiger partial charge in [-0.05, 0) is 53.4 Å². The zero-order valence-corrected chi connectivity index (χ0v) is 20.9. The summed E-state index contributed by atoms with van der Waals surface area (Å²) in [6, 6.07) is 27.8. The van der Waals surface area contributed by atoms with Gasteiger partial charge >= 0.3 is 0 Å². The lowest BCUT2D eigenvalue weighted by Gasteiger charge is -2.16. The Hall–Kier alpha value is -3.55. The molecule has 5 rings (SSSR count). The van der Waals surface area contributed by atoms with Crippen LogP contribution in [-0.2, 0) is 11.3 Å². The summed E-state index contributed by atoms with van der Waals surface area (Å²) in [5.74, 6) is 0.564. The molecule has 1 fully saturated rings. The number of carbonyl (C=O) groups excluding carboxylic acids is 1. The number of anilines is 1. The predicted octanol–water partition coefficient (Wildman–Crippen LogP) is 6.67. The summed E-state index contributed by atoms with van der Waals surface area (Å²) in [5.41, 5.74) is 2.92. The van der Waals surface area contributed by atoms with Crippen LogP contribution >= 0.6 is 24.4 Å². The van der Waals surface area contributed by atoms with Crippen LogP contribution in [0.25, 0.3) is 10.8 Å². The van der Waals surface area contributed by atoms with Crippen LogP contribution in [0.15, 0.2) is 111 Å². The second-order valence-electron chi connectivity index (χ2n) is 8.21. The Morgan fingerprint density at radius 1 is 1.00 bits per heavy atom. The van der Waals surface area contributed by atoms with Crippen molar-refractivity contribution in [2.45, 2.75) is 18.4 Å². The molecule has 2 heterocycles. The van der Waals surface area contributed by atoms with Crippen molar-refractivity contribution in [1.82, 2.24) is 9.88 Å². The largest absolute Gasteiger partial charge is 0.380 e. The molecular weight excluding hydrogens is 472 g/mol. The molecule has 174 valence electrons. The van der Waals surface area contributed by atoms with Crippen LogP contribution < -0.4 is 5.32 Å². The van der Waals surface area contributed by atoms with E-state index in [-0.39, 0.29) is 5.91 Å². The molecule has 1 aliphatic rings. The molecule has 1 aromatic heterocycles. The minimum absolute atomic E-state index is 0.0451. The van der Waals surface area contributed by atoms with Crippen molar-refractivity contribution in [3.05, 3.63) is 107 Å². The fourth-order valence-corrected chi connectivity index (χ4v) is 5.13. The van der Waals surface area contributed by atoms with E-state index >= 15 is 0 Å².